The number of piperazine rings is 1. The van der Waals surface area contributed by atoms with Crippen LogP contribution < -0.4 is 5.69 Å². The zero-order chi connectivity index (χ0) is 19.0. The SMILES string of the molecule is Cc1ccc(-n2c(=O)n(CC(=O)N3CCN(C)CC3)c3cccnc32)cc1. The normalized spacial score (nSPS) is 15.4. The number of carbonyl (C=O) groups is 1. The Morgan fingerprint density at radius 1 is 1.07 bits per heavy atom. The third-order valence-corrected chi connectivity index (χ3v) is 5.13. The predicted octanol–water partition coefficient (Wildman–Crippen LogP) is 1.27. The van der Waals surface area contributed by atoms with Gasteiger partial charge in [0.2, 0.25) is 5.91 Å². The minimum absolute atomic E-state index is 0.0305. The fourth-order valence-electron chi connectivity index (χ4n) is 3.46. The number of carbonyl (C=O) groups excluding carboxylic acids is 1. The Balaban J connectivity index is 1.73. The number of nitrogens with zero attached hydrogens (tertiary/aromatic N) is 5. The molecule has 7 heteroatoms. The van der Waals surface area contributed by atoms with E-state index in [2.05, 4.69) is 9.88 Å². The quantitative estimate of drug-likeness (QED) is 0.701. The number of pyridine rings is 1. The molecule has 0 aliphatic carbocycles. The van der Waals surface area contributed by atoms with E-state index in [1.54, 1.807) is 16.8 Å². The smallest absolute Gasteiger partial charge is 0.335 e. The molecule has 0 atom stereocenters. The summed E-state index contributed by atoms with van der Waals surface area (Å²) in [5.74, 6) is -0.0305. The van der Waals surface area contributed by atoms with Gasteiger partial charge in [-0.3, -0.25) is 9.36 Å². The van der Waals surface area contributed by atoms with Gasteiger partial charge in [0.25, 0.3) is 0 Å². The molecule has 0 N–H and O–H groups in total. The molecule has 0 bridgehead atoms. The lowest BCUT2D eigenvalue weighted by Gasteiger charge is -2.32. The summed E-state index contributed by atoms with van der Waals surface area (Å²) in [6, 6.07) is 11.4. The molecular weight excluding hydrogens is 342 g/mol. The first kappa shape index (κ1) is 17.5. The average Bonchev–Trinajstić information content (AvgIpc) is 2.95. The number of fused-ring (bicyclic) bond motifs is 1. The Kier molecular flexibility index (Phi) is 4.53. The van der Waals surface area contributed by atoms with Gasteiger partial charge in [-0.15, -0.1) is 0 Å². The van der Waals surface area contributed by atoms with Gasteiger partial charge in [-0.05, 0) is 38.2 Å². The van der Waals surface area contributed by atoms with Crippen LogP contribution in [0.4, 0.5) is 0 Å². The van der Waals surface area contributed by atoms with Crippen LogP contribution in [0.5, 0.6) is 0 Å². The number of imidazole rings is 1. The molecule has 4 rings (SSSR count). The van der Waals surface area contributed by atoms with Crippen molar-refractivity contribution in [3.05, 3.63) is 58.6 Å². The van der Waals surface area contributed by atoms with Crippen LogP contribution in [0.25, 0.3) is 16.9 Å². The summed E-state index contributed by atoms with van der Waals surface area (Å²) in [7, 11) is 2.05. The van der Waals surface area contributed by atoms with Crippen molar-refractivity contribution < 1.29 is 4.79 Å². The fourth-order valence-corrected chi connectivity index (χ4v) is 3.46. The number of likely N-dealkylation sites (N-methyl/N-ethyl adjacent to an activating group) is 1. The third kappa shape index (κ3) is 3.26. The van der Waals surface area contributed by atoms with Gasteiger partial charge in [0.15, 0.2) is 5.65 Å². The summed E-state index contributed by atoms with van der Waals surface area (Å²) in [5, 5.41) is 0. The Labute approximate surface area is 157 Å². The molecule has 0 unspecified atom stereocenters. The molecule has 140 valence electrons. The molecule has 1 saturated heterocycles. The number of rotatable bonds is 3. The highest BCUT2D eigenvalue weighted by Gasteiger charge is 2.22. The monoisotopic (exact) mass is 365 g/mol. The van der Waals surface area contributed by atoms with Crippen molar-refractivity contribution in [2.45, 2.75) is 13.5 Å². The average molecular weight is 365 g/mol. The Hall–Kier alpha value is -2.93. The highest BCUT2D eigenvalue weighted by atomic mass is 16.2. The Morgan fingerprint density at radius 2 is 1.78 bits per heavy atom. The molecule has 2 aromatic heterocycles. The van der Waals surface area contributed by atoms with E-state index in [1.807, 2.05) is 49.2 Å². The molecule has 3 aromatic rings. The summed E-state index contributed by atoms with van der Waals surface area (Å²) >= 11 is 0. The lowest BCUT2D eigenvalue weighted by molar-refractivity contribution is -0.133. The van der Waals surface area contributed by atoms with Gasteiger partial charge >= 0.3 is 5.69 Å². The highest BCUT2D eigenvalue weighted by molar-refractivity contribution is 5.80. The van der Waals surface area contributed by atoms with Gasteiger partial charge in [0, 0.05) is 32.4 Å². The van der Waals surface area contributed by atoms with Crippen LogP contribution >= 0.6 is 0 Å². The van der Waals surface area contributed by atoms with Gasteiger partial charge in [-0.2, -0.15) is 0 Å². The molecule has 1 fully saturated rings. The number of amides is 1. The lowest BCUT2D eigenvalue weighted by atomic mass is 10.2. The maximum absolute atomic E-state index is 13.2. The highest BCUT2D eigenvalue weighted by Crippen LogP contribution is 2.16. The van der Waals surface area contributed by atoms with Crippen LogP contribution in [0, 0.1) is 6.92 Å². The second-order valence-corrected chi connectivity index (χ2v) is 7.07. The molecule has 1 aromatic carbocycles. The van der Waals surface area contributed by atoms with E-state index in [9.17, 15) is 9.59 Å². The number of aryl methyl sites for hydroxylation is 1. The molecule has 0 saturated carbocycles. The topological polar surface area (TPSA) is 63.4 Å². The van der Waals surface area contributed by atoms with Crippen LogP contribution in [0.3, 0.4) is 0 Å². The van der Waals surface area contributed by atoms with Crippen molar-refractivity contribution in [1.82, 2.24) is 23.9 Å². The molecular formula is C20H23N5O2. The second-order valence-electron chi connectivity index (χ2n) is 7.07. The summed E-state index contributed by atoms with van der Waals surface area (Å²) in [6.07, 6.45) is 1.67. The largest absolute Gasteiger partial charge is 0.339 e. The van der Waals surface area contributed by atoms with Gasteiger partial charge in [-0.1, -0.05) is 17.7 Å². The minimum Gasteiger partial charge on any atom is -0.339 e. The maximum atomic E-state index is 13.2. The van der Waals surface area contributed by atoms with E-state index in [4.69, 9.17) is 0 Å². The molecule has 1 aliphatic heterocycles. The van der Waals surface area contributed by atoms with E-state index in [-0.39, 0.29) is 18.1 Å². The minimum atomic E-state index is -0.241. The van der Waals surface area contributed by atoms with E-state index >= 15 is 0 Å². The maximum Gasteiger partial charge on any atom is 0.335 e. The van der Waals surface area contributed by atoms with E-state index < -0.39 is 0 Å². The molecule has 27 heavy (non-hydrogen) atoms. The van der Waals surface area contributed by atoms with Crippen molar-refractivity contribution in [2.24, 2.45) is 0 Å². The summed E-state index contributed by atoms with van der Waals surface area (Å²) in [5.41, 5.74) is 2.87. The number of aromatic nitrogens is 3. The summed E-state index contributed by atoms with van der Waals surface area (Å²) < 4.78 is 3.11. The van der Waals surface area contributed by atoms with Crippen molar-refractivity contribution >= 4 is 17.1 Å². The first-order chi connectivity index (χ1) is 13.0. The molecule has 1 aliphatic rings. The Morgan fingerprint density at radius 3 is 2.48 bits per heavy atom. The molecule has 0 radical (unpaired) electrons. The van der Waals surface area contributed by atoms with Crippen LogP contribution in [0.1, 0.15) is 5.56 Å². The summed E-state index contributed by atoms with van der Waals surface area (Å²) in [6.45, 7) is 5.13. The zero-order valence-electron chi connectivity index (χ0n) is 15.6. The van der Waals surface area contributed by atoms with E-state index in [0.29, 0.717) is 24.3 Å². The molecule has 1 amide bonds. The van der Waals surface area contributed by atoms with Crippen LogP contribution in [-0.2, 0) is 11.3 Å². The summed E-state index contributed by atoms with van der Waals surface area (Å²) in [4.78, 5) is 34.4. The van der Waals surface area contributed by atoms with Crippen molar-refractivity contribution in [2.75, 3.05) is 33.2 Å². The molecule has 7 nitrogen and oxygen atoms in total. The van der Waals surface area contributed by atoms with Crippen molar-refractivity contribution in [1.29, 1.82) is 0 Å². The van der Waals surface area contributed by atoms with Gasteiger partial charge < -0.3 is 9.80 Å². The lowest BCUT2D eigenvalue weighted by Crippen LogP contribution is -2.48. The number of benzene rings is 1. The van der Waals surface area contributed by atoms with Crippen LogP contribution in [0.15, 0.2) is 47.4 Å². The number of hydrogen-bond donors (Lipinski definition) is 0. The fraction of sp³-hybridized carbons (Fsp3) is 0.350. The van der Waals surface area contributed by atoms with Crippen molar-refractivity contribution in [3.63, 3.8) is 0 Å². The first-order valence-corrected chi connectivity index (χ1v) is 9.14. The zero-order valence-corrected chi connectivity index (χ0v) is 15.6. The first-order valence-electron chi connectivity index (χ1n) is 9.14. The van der Waals surface area contributed by atoms with Gasteiger partial charge in [-0.25, -0.2) is 14.3 Å². The second kappa shape index (κ2) is 7.00. The van der Waals surface area contributed by atoms with E-state index in [0.717, 1.165) is 24.3 Å². The predicted molar refractivity (Wildman–Crippen MR) is 104 cm³/mol. The third-order valence-electron chi connectivity index (χ3n) is 5.13. The molecule has 0 spiro atoms. The van der Waals surface area contributed by atoms with Gasteiger partial charge in [0.1, 0.15) is 6.54 Å². The van der Waals surface area contributed by atoms with E-state index in [1.165, 1.54) is 4.57 Å². The van der Waals surface area contributed by atoms with Crippen LogP contribution in [0.2, 0.25) is 0 Å². The molecule has 3 heterocycles. The standard InChI is InChI=1S/C20H23N5O2/c1-15-5-7-16(8-6-15)25-19-17(4-3-9-21-19)24(20(25)27)14-18(26)23-12-10-22(2)11-13-23/h3-9H,10-14H2,1-2H3. The van der Waals surface area contributed by atoms with Crippen LogP contribution in [-0.4, -0.2) is 63.1 Å². The van der Waals surface area contributed by atoms with Gasteiger partial charge in [0.05, 0.1) is 11.2 Å². The van der Waals surface area contributed by atoms with Crippen molar-refractivity contribution in [3.8, 4) is 5.69 Å². The number of hydrogen-bond acceptors (Lipinski definition) is 4. The Bertz CT molecular complexity index is 1030.